The molecule has 1 aliphatic carbocycles. The van der Waals surface area contributed by atoms with Crippen molar-refractivity contribution in [2.45, 2.75) is 62.1 Å². The van der Waals surface area contributed by atoms with E-state index in [0.717, 1.165) is 32.1 Å². The molecule has 0 spiro atoms. The van der Waals surface area contributed by atoms with Crippen molar-refractivity contribution in [1.82, 2.24) is 0 Å². The van der Waals surface area contributed by atoms with Crippen molar-refractivity contribution in [2.75, 3.05) is 0 Å². The third kappa shape index (κ3) is 4.00. The van der Waals surface area contributed by atoms with E-state index in [2.05, 4.69) is 0 Å². The molecule has 1 aliphatic heterocycles. The fourth-order valence-corrected chi connectivity index (χ4v) is 4.79. The Kier molecular flexibility index (Phi) is 5.59. The average Bonchev–Trinajstić information content (AvgIpc) is 3.31. The van der Waals surface area contributed by atoms with E-state index in [-0.39, 0.29) is 34.2 Å². The number of ether oxygens (including phenoxy) is 1. The predicted octanol–water partition coefficient (Wildman–Crippen LogP) is 4.45. The maximum Gasteiger partial charge on any atom is 0.306 e. The van der Waals surface area contributed by atoms with Crippen molar-refractivity contribution in [3.63, 3.8) is 0 Å². The number of thioether (sulfide) groups is 1. The lowest BCUT2D eigenvalue weighted by atomic mass is 9.87. The van der Waals surface area contributed by atoms with Crippen LogP contribution in [0.2, 0.25) is 0 Å². The molecule has 3 atom stereocenters. The van der Waals surface area contributed by atoms with E-state index in [1.54, 1.807) is 18.2 Å². The van der Waals surface area contributed by atoms with Crippen molar-refractivity contribution in [2.24, 2.45) is 5.92 Å². The van der Waals surface area contributed by atoms with Crippen molar-refractivity contribution in [3.8, 4) is 0 Å². The van der Waals surface area contributed by atoms with Crippen LogP contribution in [-0.4, -0.2) is 22.4 Å². The minimum absolute atomic E-state index is 0.0190. The van der Waals surface area contributed by atoms with Crippen LogP contribution < -0.4 is 0 Å². The molecular weight excluding hydrogens is 327 g/mol. The quantitative estimate of drug-likeness (QED) is 0.681. The number of Topliss-reactive ketones (excluding diaryl/α,β-unsaturated/α-hetero) is 1. The number of carbonyl (C=O) groups excluding carboxylic acids is 2. The highest BCUT2D eigenvalue weighted by atomic mass is 32.2. The number of esters is 1. The molecule has 1 aromatic carbocycles. The molecule has 0 radical (unpaired) electrons. The van der Waals surface area contributed by atoms with Gasteiger partial charge in [0.2, 0.25) is 0 Å². The fraction of sp³-hybridized carbons (Fsp3) is 0.579. The van der Waals surface area contributed by atoms with E-state index in [4.69, 9.17) is 4.74 Å². The molecule has 3 unspecified atom stereocenters. The monoisotopic (exact) mass is 350 g/mol. The van der Waals surface area contributed by atoms with Crippen LogP contribution in [0.1, 0.15) is 56.9 Å². The molecule has 2 fully saturated rings. The van der Waals surface area contributed by atoms with Crippen LogP contribution in [0, 0.1) is 11.7 Å². The maximum atomic E-state index is 14.3. The zero-order chi connectivity index (χ0) is 17.1. The SMILES string of the molecule is CCCC(=O)OC1CCC(C(C(=O)C2CC2)c2ccccc2F)S1. The zero-order valence-corrected chi connectivity index (χ0v) is 14.7. The molecule has 1 saturated heterocycles. The van der Waals surface area contributed by atoms with Crippen LogP contribution in [0.25, 0.3) is 0 Å². The Labute approximate surface area is 146 Å². The molecule has 3 nitrogen and oxygen atoms in total. The molecule has 130 valence electrons. The first-order chi connectivity index (χ1) is 11.6. The Morgan fingerprint density at radius 3 is 2.67 bits per heavy atom. The number of hydrogen-bond acceptors (Lipinski definition) is 4. The third-order valence-corrected chi connectivity index (χ3v) is 6.12. The van der Waals surface area contributed by atoms with Gasteiger partial charge in [0.15, 0.2) is 0 Å². The number of hydrogen-bond donors (Lipinski definition) is 0. The Bertz CT molecular complexity index is 614. The van der Waals surface area contributed by atoms with Crippen LogP contribution in [-0.2, 0) is 14.3 Å². The Hall–Kier alpha value is -1.36. The molecule has 0 bridgehead atoms. The lowest BCUT2D eigenvalue weighted by Crippen LogP contribution is -2.25. The highest BCUT2D eigenvalue weighted by Gasteiger charge is 2.43. The molecule has 0 N–H and O–H groups in total. The number of rotatable bonds is 7. The third-order valence-electron chi connectivity index (χ3n) is 4.63. The lowest BCUT2D eigenvalue weighted by Gasteiger charge is -2.23. The molecular formula is C19H23FO3S. The summed E-state index contributed by atoms with van der Waals surface area (Å²) in [6.45, 7) is 1.94. The van der Waals surface area contributed by atoms with Gasteiger partial charge in [-0.2, -0.15) is 0 Å². The number of halogens is 1. The minimum Gasteiger partial charge on any atom is -0.451 e. The standard InChI is InChI=1S/C19H23FO3S/c1-2-5-16(21)23-17-11-10-15(24-17)18(19(22)12-8-9-12)13-6-3-4-7-14(13)20/h3-4,6-7,12,15,17-18H,2,5,8-11H2,1H3. The number of benzene rings is 1. The van der Waals surface area contributed by atoms with Gasteiger partial charge in [0, 0.05) is 17.6 Å². The van der Waals surface area contributed by atoms with Crippen molar-refractivity contribution in [1.29, 1.82) is 0 Å². The van der Waals surface area contributed by atoms with Gasteiger partial charge >= 0.3 is 5.97 Å². The molecule has 1 heterocycles. The first kappa shape index (κ1) is 17.5. The van der Waals surface area contributed by atoms with Gasteiger partial charge in [-0.1, -0.05) is 25.1 Å². The van der Waals surface area contributed by atoms with Gasteiger partial charge < -0.3 is 4.74 Å². The van der Waals surface area contributed by atoms with Gasteiger partial charge in [-0.05, 0) is 43.7 Å². The second kappa shape index (κ2) is 7.68. The summed E-state index contributed by atoms with van der Waals surface area (Å²) in [5, 5.41) is -0.0190. The van der Waals surface area contributed by atoms with Crippen molar-refractivity contribution in [3.05, 3.63) is 35.6 Å². The molecule has 3 rings (SSSR count). The van der Waals surface area contributed by atoms with Gasteiger partial charge in [-0.25, -0.2) is 4.39 Å². The molecule has 0 amide bonds. The van der Waals surface area contributed by atoms with Gasteiger partial charge in [0.05, 0.1) is 5.92 Å². The minimum atomic E-state index is -0.432. The fourth-order valence-electron chi connectivity index (χ4n) is 3.26. The van der Waals surface area contributed by atoms with Crippen LogP contribution in [0.5, 0.6) is 0 Å². The summed E-state index contributed by atoms with van der Waals surface area (Å²) < 4.78 is 19.8. The summed E-state index contributed by atoms with van der Waals surface area (Å²) in [5.41, 5.74) is 0.280. The highest BCUT2D eigenvalue weighted by Crippen LogP contribution is 2.47. The van der Waals surface area contributed by atoms with Gasteiger partial charge in [-0.3, -0.25) is 9.59 Å². The molecule has 1 aromatic rings. The van der Waals surface area contributed by atoms with E-state index in [9.17, 15) is 14.0 Å². The first-order valence-corrected chi connectivity index (χ1v) is 9.67. The molecule has 5 heteroatoms. The van der Waals surface area contributed by atoms with Crippen LogP contribution in [0.15, 0.2) is 24.3 Å². The summed E-state index contributed by atoms with van der Waals surface area (Å²) in [4.78, 5) is 24.5. The highest BCUT2D eigenvalue weighted by molar-refractivity contribution is 8.00. The summed E-state index contributed by atoms with van der Waals surface area (Å²) >= 11 is 1.52. The van der Waals surface area contributed by atoms with E-state index < -0.39 is 5.92 Å². The predicted molar refractivity (Wildman–Crippen MR) is 92.3 cm³/mol. The summed E-state index contributed by atoms with van der Waals surface area (Å²) in [7, 11) is 0. The second-order valence-corrected chi connectivity index (χ2v) is 8.00. The average molecular weight is 350 g/mol. The van der Waals surface area contributed by atoms with Gasteiger partial charge in [0.1, 0.15) is 17.0 Å². The summed E-state index contributed by atoms with van der Waals surface area (Å²) in [6, 6.07) is 6.57. The molecule has 24 heavy (non-hydrogen) atoms. The molecule has 0 aromatic heterocycles. The topological polar surface area (TPSA) is 43.4 Å². The van der Waals surface area contributed by atoms with Crippen LogP contribution >= 0.6 is 11.8 Å². The van der Waals surface area contributed by atoms with E-state index in [1.165, 1.54) is 17.8 Å². The van der Waals surface area contributed by atoms with Gasteiger partial charge in [-0.15, -0.1) is 11.8 Å². The van der Waals surface area contributed by atoms with E-state index in [1.807, 2.05) is 6.92 Å². The van der Waals surface area contributed by atoms with Gasteiger partial charge in [0.25, 0.3) is 0 Å². The van der Waals surface area contributed by atoms with E-state index >= 15 is 0 Å². The summed E-state index contributed by atoms with van der Waals surface area (Å²) in [5.74, 6) is -0.705. The van der Waals surface area contributed by atoms with Crippen LogP contribution in [0.4, 0.5) is 4.39 Å². The Morgan fingerprint density at radius 1 is 1.25 bits per heavy atom. The zero-order valence-electron chi connectivity index (χ0n) is 13.9. The maximum absolute atomic E-state index is 14.3. The number of ketones is 1. The van der Waals surface area contributed by atoms with E-state index in [0.29, 0.717) is 12.0 Å². The normalized spacial score (nSPS) is 24.6. The second-order valence-electron chi connectivity index (χ2n) is 6.60. The lowest BCUT2D eigenvalue weighted by molar-refractivity contribution is -0.145. The first-order valence-electron chi connectivity index (χ1n) is 8.73. The van der Waals surface area contributed by atoms with Crippen molar-refractivity contribution >= 4 is 23.5 Å². The Balaban J connectivity index is 1.74. The largest absolute Gasteiger partial charge is 0.451 e. The molecule has 1 saturated carbocycles. The summed E-state index contributed by atoms with van der Waals surface area (Å²) in [6.07, 6.45) is 4.50. The van der Waals surface area contributed by atoms with Crippen molar-refractivity contribution < 1.29 is 18.7 Å². The number of carbonyl (C=O) groups is 2. The Morgan fingerprint density at radius 2 is 2.00 bits per heavy atom. The van der Waals surface area contributed by atoms with Crippen LogP contribution in [0.3, 0.4) is 0 Å². The smallest absolute Gasteiger partial charge is 0.306 e. The molecule has 2 aliphatic rings.